The highest BCUT2D eigenvalue weighted by Crippen LogP contribution is 2.27. The summed E-state index contributed by atoms with van der Waals surface area (Å²) in [5.41, 5.74) is 1.62. The van der Waals surface area contributed by atoms with Crippen LogP contribution in [0.15, 0.2) is 82.9 Å². The van der Waals surface area contributed by atoms with Crippen LogP contribution in [-0.4, -0.2) is 26.4 Å². The van der Waals surface area contributed by atoms with E-state index in [1.165, 1.54) is 12.1 Å². The van der Waals surface area contributed by atoms with Gasteiger partial charge in [-0.3, -0.25) is 4.90 Å². The van der Waals surface area contributed by atoms with Crippen molar-refractivity contribution in [1.29, 1.82) is 0 Å². The molecule has 27 heavy (non-hydrogen) atoms. The quantitative estimate of drug-likeness (QED) is 0.834. The zero-order valence-corrected chi connectivity index (χ0v) is 15.2. The Hall–Kier alpha value is -3.30. The summed E-state index contributed by atoms with van der Waals surface area (Å²) >= 11 is 0. The zero-order valence-electron chi connectivity index (χ0n) is 14.4. The van der Waals surface area contributed by atoms with E-state index in [1.54, 1.807) is 30.5 Å². The van der Waals surface area contributed by atoms with Crippen LogP contribution in [0.25, 0.3) is 0 Å². The molecule has 0 aromatic heterocycles. The van der Waals surface area contributed by atoms with Crippen LogP contribution in [0.1, 0.15) is 5.56 Å². The van der Waals surface area contributed by atoms with Crippen molar-refractivity contribution in [2.75, 3.05) is 12.0 Å². The van der Waals surface area contributed by atoms with Gasteiger partial charge in [0.05, 0.1) is 18.2 Å². The molecule has 0 spiro atoms. The summed E-state index contributed by atoms with van der Waals surface area (Å²) in [6.07, 6.45) is 5.49. The molecule has 4 rings (SSSR count). The Morgan fingerprint density at radius 3 is 2.41 bits per heavy atom. The molecule has 0 atom stereocenters. The lowest BCUT2D eigenvalue weighted by atomic mass is 10.1. The number of hydrogen-bond donors (Lipinski definition) is 2. The molecule has 2 heterocycles. The zero-order chi connectivity index (χ0) is 19.0. The van der Waals surface area contributed by atoms with E-state index in [0.29, 0.717) is 5.84 Å². The fraction of sp³-hybridized carbons (Fsp3) is 0.0556. The van der Waals surface area contributed by atoms with Gasteiger partial charge in [-0.2, -0.15) is 0 Å². The van der Waals surface area contributed by atoms with Crippen molar-refractivity contribution in [2.45, 2.75) is 4.90 Å². The van der Waals surface area contributed by atoms with E-state index in [4.69, 9.17) is 9.88 Å². The largest absolute Gasteiger partial charge is 0.497 e. The first-order valence-electron chi connectivity index (χ1n) is 8.05. The van der Waals surface area contributed by atoms with Gasteiger partial charge in [0.2, 0.25) is 10.0 Å². The van der Waals surface area contributed by atoms with E-state index in [2.05, 4.69) is 10.4 Å². The summed E-state index contributed by atoms with van der Waals surface area (Å²) in [7, 11) is -2.13. The van der Waals surface area contributed by atoms with E-state index in [9.17, 15) is 8.42 Å². The lowest BCUT2D eigenvalue weighted by Gasteiger charge is -2.30. The molecule has 9 heteroatoms. The molecule has 0 radical (unpaired) electrons. The van der Waals surface area contributed by atoms with Gasteiger partial charge in [-0.25, -0.2) is 18.6 Å². The average Bonchev–Trinajstić information content (AvgIpc) is 3.14. The van der Waals surface area contributed by atoms with Gasteiger partial charge < -0.3 is 10.1 Å². The molecule has 2 aromatic carbocycles. The Labute approximate surface area is 156 Å². The van der Waals surface area contributed by atoms with Crippen LogP contribution in [-0.2, 0) is 10.0 Å². The number of nitrogens with one attached hydrogen (secondary N) is 1. The SMILES string of the molecule is COc1ccc(C2=NN3C=CNC3=CN2c2ccc(S(N)(=O)=O)cc2)cc1. The van der Waals surface area contributed by atoms with Crippen LogP contribution in [0.5, 0.6) is 5.75 Å². The predicted octanol–water partition coefficient (Wildman–Crippen LogP) is 1.70. The highest BCUT2D eigenvalue weighted by atomic mass is 32.2. The second-order valence-electron chi connectivity index (χ2n) is 5.88. The number of rotatable bonds is 4. The van der Waals surface area contributed by atoms with Crippen molar-refractivity contribution < 1.29 is 13.2 Å². The van der Waals surface area contributed by atoms with Crippen LogP contribution < -0.4 is 20.1 Å². The fourth-order valence-corrected chi connectivity index (χ4v) is 3.30. The molecule has 0 amide bonds. The Bertz CT molecular complexity index is 1060. The Morgan fingerprint density at radius 2 is 1.78 bits per heavy atom. The summed E-state index contributed by atoms with van der Waals surface area (Å²) in [6, 6.07) is 13.9. The molecule has 2 aliphatic heterocycles. The van der Waals surface area contributed by atoms with Gasteiger partial charge in [0, 0.05) is 23.7 Å². The van der Waals surface area contributed by atoms with Gasteiger partial charge in [-0.05, 0) is 48.5 Å². The van der Waals surface area contributed by atoms with E-state index < -0.39 is 10.0 Å². The van der Waals surface area contributed by atoms with Crippen molar-refractivity contribution >= 4 is 21.5 Å². The average molecular weight is 383 g/mol. The summed E-state index contributed by atoms with van der Waals surface area (Å²) in [4.78, 5) is 1.93. The van der Waals surface area contributed by atoms with Crippen LogP contribution in [0.2, 0.25) is 0 Å². The second kappa shape index (κ2) is 6.45. The molecule has 3 N–H and O–H groups in total. The maximum absolute atomic E-state index is 11.5. The van der Waals surface area contributed by atoms with Gasteiger partial charge in [0.15, 0.2) is 5.84 Å². The van der Waals surface area contributed by atoms with E-state index in [1.807, 2.05) is 41.6 Å². The molecular weight excluding hydrogens is 366 g/mol. The minimum absolute atomic E-state index is 0.0566. The van der Waals surface area contributed by atoms with Crippen molar-refractivity contribution in [3.8, 4) is 5.75 Å². The molecule has 2 aromatic rings. The van der Waals surface area contributed by atoms with E-state index in [0.717, 1.165) is 22.8 Å². The van der Waals surface area contributed by atoms with Gasteiger partial charge in [-0.15, -0.1) is 5.10 Å². The number of nitrogens with zero attached hydrogens (tertiary/aromatic N) is 3. The van der Waals surface area contributed by atoms with Gasteiger partial charge in [-0.1, -0.05) is 0 Å². The van der Waals surface area contributed by atoms with Gasteiger partial charge in [0.1, 0.15) is 11.6 Å². The van der Waals surface area contributed by atoms with E-state index >= 15 is 0 Å². The Morgan fingerprint density at radius 1 is 1.07 bits per heavy atom. The highest BCUT2D eigenvalue weighted by Gasteiger charge is 2.25. The molecule has 0 bridgehead atoms. The maximum atomic E-state index is 11.5. The lowest BCUT2D eigenvalue weighted by molar-refractivity contribution is 0.415. The third-order valence-corrected chi connectivity index (χ3v) is 5.10. The second-order valence-corrected chi connectivity index (χ2v) is 7.44. The number of fused-ring (bicyclic) bond motifs is 1. The molecule has 138 valence electrons. The number of benzene rings is 2. The number of primary sulfonamides is 1. The highest BCUT2D eigenvalue weighted by molar-refractivity contribution is 7.89. The third kappa shape index (κ3) is 3.25. The summed E-state index contributed by atoms with van der Waals surface area (Å²) in [5, 5.41) is 14.7. The predicted molar refractivity (Wildman–Crippen MR) is 102 cm³/mol. The number of ether oxygens (including phenoxy) is 1. The summed E-state index contributed by atoms with van der Waals surface area (Å²) in [5.74, 6) is 2.21. The topological polar surface area (TPSA) is 100 Å². The van der Waals surface area contributed by atoms with Crippen molar-refractivity contribution in [1.82, 2.24) is 10.3 Å². The first-order valence-corrected chi connectivity index (χ1v) is 9.60. The molecule has 0 fully saturated rings. The number of hydrazone groups is 1. The number of amidine groups is 1. The van der Waals surface area contributed by atoms with Crippen molar-refractivity contribution in [3.05, 3.63) is 78.5 Å². The smallest absolute Gasteiger partial charge is 0.238 e. The standard InChI is InChI=1S/C18H17N5O3S/c1-26-15-6-2-13(3-7-15)18-21-23-11-10-20-17(23)12-22(18)14-4-8-16(9-5-14)27(19,24)25/h2-12,20H,1H3,(H2,19,24,25). The van der Waals surface area contributed by atoms with Gasteiger partial charge in [0.25, 0.3) is 0 Å². The van der Waals surface area contributed by atoms with Gasteiger partial charge >= 0.3 is 0 Å². The minimum Gasteiger partial charge on any atom is -0.497 e. The maximum Gasteiger partial charge on any atom is 0.238 e. The molecular formula is C18H17N5O3S. The van der Waals surface area contributed by atoms with Crippen molar-refractivity contribution in [2.24, 2.45) is 10.2 Å². The first-order chi connectivity index (χ1) is 13.0. The van der Waals surface area contributed by atoms with Crippen LogP contribution in [0.3, 0.4) is 0 Å². The number of hydrogen-bond acceptors (Lipinski definition) is 7. The molecule has 0 saturated carbocycles. The minimum atomic E-state index is -3.75. The number of sulfonamides is 1. The third-order valence-electron chi connectivity index (χ3n) is 4.17. The Kier molecular flexibility index (Phi) is 4.09. The molecule has 0 unspecified atom stereocenters. The fourth-order valence-electron chi connectivity index (χ4n) is 2.79. The monoisotopic (exact) mass is 383 g/mol. The summed E-state index contributed by atoms with van der Waals surface area (Å²) in [6.45, 7) is 0. The molecule has 0 aliphatic carbocycles. The first kappa shape index (κ1) is 17.1. The van der Waals surface area contributed by atoms with Crippen LogP contribution >= 0.6 is 0 Å². The lowest BCUT2D eigenvalue weighted by Crippen LogP contribution is -2.35. The molecule has 8 nitrogen and oxygen atoms in total. The van der Waals surface area contributed by atoms with E-state index in [-0.39, 0.29) is 4.90 Å². The van der Waals surface area contributed by atoms with Crippen molar-refractivity contribution in [3.63, 3.8) is 0 Å². The normalized spacial score (nSPS) is 15.8. The van der Waals surface area contributed by atoms with Crippen LogP contribution in [0, 0.1) is 0 Å². The van der Waals surface area contributed by atoms with Crippen LogP contribution in [0.4, 0.5) is 5.69 Å². The number of anilines is 1. The molecule has 2 aliphatic rings. The number of methoxy groups -OCH3 is 1. The summed E-state index contributed by atoms with van der Waals surface area (Å²) < 4.78 is 28.2. The molecule has 0 saturated heterocycles. The number of nitrogens with two attached hydrogens (primary N) is 1. The Balaban J connectivity index is 1.76.